The second kappa shape index (κ2) is 4.38. The van der Waals surface area contributed by atoms with E-state index in [1.165, 1.54) is 26.0 Å². The van der Waals surface area contributed by atoms with Gasteiger partial charge in [0.2, 0.25) is 0 Å². The molecule has 110 valence electrons. The maximum absolute atomic E-state index is 14.7. The van der Waals surface area contributed by atoms with Gasteiger partial charge in [0.05, 0.1) is 0 Å². The summed E-state index contributed by atoms with van der Waals surface area (Å²) in [6.45, 7) is 3.54. The molecule has 2 N–H and O–H groups in total. The molecule has 1 unspecified atom stereocenters. The lowest BCUT2D eigenvalue weighted by Crippen LogP contribution is -2.62. The van der Waals surface area contributed by atoms with Crippen LogP contribution in [0.15, 0.2) is 27.7 Å². The van der Waals surface area contributed by atoms with Gasteiger partial charge >= 0.3 is 5.92 Å². The van der Waals surface area contributed by atoms with E-state index in [0.29, 0.717) is 4.47 Å². The number of halogens is 4. The normalized spacial score (nSPS) is 27.6. The lowest BCUT2D eigenvalue weighted by molar-refractivity contribution is -0.207. The molecule has 3 nitrogen and oxygen atoms in total. The Bertz CT molecular complexity index is 589. The molecular formula is C13H14BrF3N2O. The van der Waals surface area contributed by atoms with Gasteiger partial charge in [-0.1, -0.05) is 15.9 Å². The number of hydrogen-bond donors (Lipinski definition) is 1. The molecule has 1 atom stereocenters. The zero-order valence-electron chi connectivity index (χ0n) is 11.2. The molecule has 1 aromatic carbocycles. The molecule has 0 aromatic heterocycles. The minimum absolute atomic E-state index is 0.240. The van der Waals surface area contributed by atoms with E-state index in [2.05, 4.69) is 20.9 Å². The van der Waals surface area contributed by atoms with Crippen LogP contribution in [0.3, 0.4) is 0 Å². The molecule has 0 aliphatic carbocycles. The maximum Gasteiger partial charge on any atom is 0.315 e. The number of benzene rings is 1. The van der Waals surface area contributed by atoms with Crippen LogP contribution in [-0.4, -0.2) is 17.5 Å². The van der Waals surface area contributed by atoms with Crippen molar-refractivity contribution >= 4 is 22.0 Å². The van der Waals surface area contributed by atoms with Crippen LogP contribution < -0.4 is 5.73 Å². The Morgan fingerprint density at radius 1 is 1.25 bits per heavy atom. The van der Waals surface area contributed by atoms with Gasteiger partial charge in [0.25, 0.3) is 6.02 Å². The first-order valence-corrected chi connectivity index (χ1v) is 6.68. The van der Waals surface area contributed by atoms with Crippen LogP contribution in [0.25, 0.3) is 0 Å². The third kappa shape index (κ3) is 1.99. The summed E-state index contributed by atoms with van der Waals surface area (Å²) in [4.78, 5) is 3.70. The van der Waals surface area contributed by atoms with Gasteiger partial charge in [-0.25, -0.2) is 9.38 Å². The molecule has 2 rings (SSSR count). The van der Waals surface area contributed by atoms with Crippen molar-refractivity contribution in [1.82, 2.24) is 0 Å². The van der Waals surface area contributed by atoms with Crippen molar-refractivity contribution in [3.63, 3.8) is 0 Å². The predicted octanol–water partition coefficient (Wildman–Crippen LogP) is 3.56. The summed E-state index contributed by atoms with van der Waals surface area (Å²) in [7, 11) is 0. The largest absolute Gasteiger partial charge is 0.453 e. The highest BCUT2D eigenvalue weighted by Gasteiger charge is 2.66. The third-order valence-electron chi connectivity index (χ3n) is 3.51. The molecular weight excluding hydrogens is 337 g/mol. The van der Waals surface area contributed by atoms with Crippen molar-refractivity contribution in [2.75, 3.05) is 0 Å². The van der Waals surface area contributed by atoms with E-state index in [1.54, 1.807) is 0 Å². The van der Waals surface area contributed by atoms with Crippen molar-refractivity contribution in [2.45, 2.75) is 37.8 Å². The molecule has 0 radical (unpaired) electrons. The molecule has 0 bridgehead atoms. The number of amidine groups is 1. The number of alkyl halides is 2. The zero-order chi connectivity index (χ0) is 15.3. The quantitative estimate of drug-likeness (QED) is 0.841. The van der Waals surface area contributed by atoms with Crippen molar-refractivity contribution in [1.29, 1.82) is 0 Å². The van der Waals surface area contributed by atoms with Crippen molar-refractivity contribution in [2.24, 2.45) is 10.7 Å². The van der Waals surface area contributed by atoms with E-state index in [-0.39, 0.29) is 11.6 Å². The number of nitrogens with zero attached hydrogens (tertiary/aromatic N) is 1. The Kier molecular flexibility index (Phi) is 3.32. The fraction of sp³-hybridized carbons (Fsp3) is 0.462. The van der Waals surface area contributed by atoms with Crippen LogP contribution in [0.2, 0.25) is 0 Å². The molecule has 0 saturated heterocycles. The van der Waals surface area contributed by atoms with E-state index in [0.717, 1.165) is 13.0 Å². The summed E-state index contributed by atoms with van der Waals surface area (Å²) < 4.78 is 48.9. The second-order valence-corrected chi connectivity index (χ2v) is 6.25. The maximum atomic E-state index is 14.7. The van der Waals surface area contributed by atoms with Crippen LogP contribution >= 0.6 is 15.9 Å². The topological polar surface area (TPSA) is 47.6 Å². The third-order valence-corrected chi connectivity index (χ3v) is 4.01. The van der Waals surface area contributed by atoms with Gasteiger partial charge in [0.1, 0.15) is 5.82 Å². The predicted molar refractivity (Wildman–Crippen MR) is 73.2 cm³/mol. The Balaban J connectivity index is 2.74. The van der Waals surface area contributed by atoms with Crippen molar-refractivity contribution < 1.29 is 17.9 Å². The van der Waals surface area contributed by atoms with E-state index in [1.807, 2.05) is 0 Å². The van der Waals surface area contributed by atoms with Gasteiger partial charge in [0.15, 0.2) is 11.1 Å². The Hall–Kier alpha value is -1.24. The fourth-order valence-electron chi connectivity index (χ4n) is 2.33. The number of nitrogens with two attached hydrogens (primary N) is 1. The van der Waals surface area contributed by atoms with Gasteiger partial charge in [-0.05, 0) is 39.0 Å². The highest BCUT2D eigenvalue weighted by atomic mass is 79.9. The highest BCUT2D eigenvalue weighted by Crippen LogP contribution is 2.51. The molecule has 1 heterocycles. The standard InChI is InChI=1S/C13H14BrF3N2O/c1-11(2)13(16,17)12(3,19-10(18)20-11)8-6-7(14)4-5-9(8)15/h4-6H,1-3H3,(H2,18,19). The van der Waals surface area contributed by atoms with Crippen molar-refractivity contribution in [3.8, 4) is 0 Å². The van der Waals surface area contributed by atoms with Crippen LogP contribution in [0.1, 0.15) is 26.3 Å². The zero-order valence-corrected chi connectivity index (χ0v) is 12.8. The molecule has 1 aliphatic rings. The summed E-state index contributed by atoms with van der Waals surface area (Å²) >= 11 is 3.15. The van der Waals surface area contributed by atoms with E-state index in [9.17, 15) is 13.2 Å². The minimum atomic E-state index is -3.45. The second-order valence-electron chi connectivity index (χ2n) is 5.33. The molecule has 0 fully saturated rings. The van der Waals surface area contributed by atoms with E-state index < -0.39 is 22.9 Å². The number of ether oxygens (including phenoxy) is 1. The Morgan fingerprint density at radius 2 is 1.85 bits per heavy atom. The average Bonchev–Trinajstić information content (AvgIpc) is 2.29. The summed E-state index contributed by atoms with van der Waals surface area (Å²) in [6.07, 6.45) is 0. The summed E-state index contributed by atoms with van der Waals surface area (Å²) in [5, 5.41) is 0. The van der Waals surface area contributed by atoms with Gasteiger partial charge in [-0.3, -0.25) is 0 Å². The van der Waals surface area contributed by atoms with Gasteiger partial charge in [0, 0.05) is 10.0 Å². The lowest BCUT2D eigenvalue weighted by atomic mass is 9.77. The number of rotatable bonds is 1. The van der Waals surface area contributed by atoms with E-state index in [4.69, 9.17) is 10.5 Å². The van der Waals surface area contributed by atoms with Crippen LogP contribution in [-0.2, 0) is 10.3 Å². The fourth-order valence-corrected chi connectivity index (χ4v) is 2.69. The number of hydrogen-bond acceptors (Lipinski definition) is 3. The SMILES string of the molecule is CC1(C)OC(N)=NC(C)(c2cc(Br)ccc2F)C1(F)F. The van der Waals surface area contributed by atoms with Gasteiger partial charge in [-0.2, -0.15) is 8.78 Å². The molecule has 0 spiro atoms. The Labute approximate surface area is 123 Å². The van der Waals surface area contributed by atoms with Crippen molar-refractivity contribution in [3.05, 3.63) is 34.1 Å². The molecule has 7 heteroatoms. The smallest absolute Gasteiger partial charge is 0.315 e. The minimum Gasteiger partial charge on any atom is -0.453 e. The van der Waals surface area contributed by atoms with Crippen LogP contribution in [0.5, 0.6) is 0 Å². The Morgan fingerprint density at radius 3 is 2.45 bits per heavy atom. The molecule has 0 saturated carbocycles. The van der Waals surface area contributed by atoms with Gasteiger partial charge < -0.3 is 10.5 Å². The summed E-state index contributed by atoms with van der Waals surface area (Å²) in [6, 6.07) is 3.43. The first kappa shape index (κ1) is 15.2. The van der Waals surface area contributed by atoms with Gasteiger partial charge in [-0.15, -0.1) is 0 Å². The summed E-state index contributed by atoms with van der Waals surface area (Å²) in [5.41, 5.74) is 1.21. The average molecular weight is 351 g/mol. The monoisotopic (exact) mass is 350 g/mol. The molecule has 1 aromatic rings. The first-order chi connectivity index (χ1) is 9.01. The lowest BCUT2D eigenvalue weighted by Gasteiger charge is -2.46. The van der Waals surface area contributed by atoms with E-state index >= 15 is 0 Å². The van der Waals surface area contributed by atoms with Crippen LogP contribution in [0, 0.1) is 5.82 Å². The molecule has 0 amide bonds. The first-order valence-electron chi connectivity index (χ1n) is 5.89. The highest BCUT2D eigenvalue weighted by molar-refractivity contribution is 9.10. The van der Waals surface area contributed by atoms with Crippen LogP contribution in [0.4, 0.5) is 13.2 Å². The molecule has 20 heavy (non-hydrogen) atoms. The number of aliphatic imine (C=N–C) groups is 1. The molecule has 1 aliphatic heterocycles. The summed E-state index contributed by atoms with van der Waals surface area (Å²) in [5.74, 6) is -4.23.